The van der Waals surface area contributed by atoms with E-state index in [1.165, 1.54) is 7.11 Å². The molecule has 0 heterocycles. The molecule has 0 aliphatic carbocycles. The maximum Gasteiger partial charge on any atom is 0.333 e. The van der Waals surface area contributed by atoms with Crippen LogP contribution < -0.4 is 5.32 Å². The largest absolute Gasteiger partial charge is 0.466 e. The highest BCUT2D eigenvalue weighted by molar-refractivity contribution is 6.44. The minimum Gasteiger partial charge on any atom is -0.466 e. The zero-order valence-electron chi connectivity index (χ0n) is 9.89. The number of halogens is 3. The molecule has 6 heteroatoms. The Hall–Kier alpha value is -0.900. The molecular weight excluding hydrogens is 296 g/mol. The van der Waals surface area contributed by atoms with Crippen LogP contribution in [0.1, 0.15) is 6.92 Å². The molecule has 0 atom stereocenters. The van der Waals surface area contributed by atoms with Crippen molar-refractivity contribution in [2.24, 2.45) is 0 Å². The van der Waals surface area contributed by atoms with Gasteiger partial charge in [0.2, 0.25) is 0 Å². The number of anilines is 1. The number of hydrogen-bond acceptors (Lipinski definition) is 3. The summed E-state index contributed by atoms with van der Waals surface area (Å²) in [6.45, 7) is 2.10. The van der Waals surface area contributed by atoms with Gasteiger partial charge in [0.25, 0.3) is 0 Å². The normalized spacial score (nSPS) is 11.3. The molecule has 0 saturated carbocycles. The van der Waals surface area contributed by atoms with Crippen molar-refractivity contribution in [2.75, 3.05) is 19.0 Å². The molecule has 1 aromatic rings. The van der Waals surface area contributed by atoms with E-state index >= 15 is 0 Å². The monoisotopic (exact) mass is 307 g/mol. The molecule has 0 aromatic heterocycles. The van der Waals surface area contributed by atoms with Crippen LogP contribution in [-0.4, -0.2) is 19.6 Å². The molecule has 98 valence electrons. The van der Waals surface area contributed by atoms with Crippen LogP contribution in [0.15, 0.2) is 23.8 Å². The fourth-order valence-corrected chi connectivity index (χ4v) is 1.83. The Balaban J connectivity index is 2.70. The minimum absolute atomic E-state index is 0.364. The molecule has 0 saturated heterocycles. The van der Waals surface area contributed by atoms with Gasteiger partial charge in [-0.25, -0.2) is 4.79 Å². The Morgan fingerprint density at radius 2 is 1.89 bits per heavy atom. The van der Waals surface area contributed by atoms with Crippen LogP contribution in [-0.2, 0) is 9.53 Å². The number of carbonyl (C=O) groups excluding carboxylic acids is 1. The van der Waals surface area contributed by atoms with E-state index in [0.29, 0.717) is 32.9 Å². The average molecular weight is 309 g/mol. The van der Waals surface area contributed by atoms with E-state index in [4.69, 9.17) is 34.8 Å². The number of hydrogen-bond donors (Lipinski definition) is 1. The molecule has 0 amide bonds. The van der Waals surface area contributed by atoms with Crippen LogP contribution in [0.25, 0.3) is 0 Å². The summed E-state index contributed by atoms with van der Waals surface area (Å²) in [5.41, 5.74) is 1.17. The van der Waals surface area contributed by atoms with Crippen LogP contribution in [0.5, 0.6) is 0 Å². The van der Waals surface area contributed by atoms with Gasteiger partial charge < -0.3 is 10.1 Å². The Morgan fingerprint density at radius 3 is 2.50 bits per heavy atom. The van der Waals surface area contributed by atoms with Gasteiger partial charge in [-0.2, -0.15) is 0 Å². The smallest absolute Gasteiger partial charge is 0.333 e. The number of methoxy groups -OCH3 is 1. The summed E-state index contributed by atoms with van der Waals surface area (Å²) in [7, 11) is 1.34. The second-order valence-corrected chi connectivity index (χ2v) is 4.73. The van der Waals surface area contributed by atoms with Gasteiger partial charge in [-0.3, -0.25) is 0 Å². The first kappa shape index (κ1) is 15.2. The topological polar surface area (TPSA) is 38.3 Å². The molecule has 1 rings (SSSR count). The van der Waals surface area contributed by atoms with Gasteiger partial charge in [0.15, 0.2) is 0 Å². The van der Waals surface area contributed by atoms with Crippen LogP contribution in [0, 0.1) is 0 Å². The molecule has 3 nitrogen and oxygen atoms in total. The molecule has 0 aliphatic rings. The van der Waals surface area contributed by atoms with E-state index < -0.39 is 0 Å². The van der Waals surface area contributed by atoms with Crippen molar-refractivity contribution in [3.05, 3.63) is 38.8 Å². The highest BCUT2D eigenvalue weighted by atomic mass is 35.5. The molecule has 0 spiro atoms. The van der Waals surface area contributed by atoms with Gasteiger partial charge in [-0.05, 0) is 19.1 Å². The average Bonchev–Trinajstić information content (AvgIpc) is 2.34. The lowest BCUT2D eigenvalue weighted by Crippen LogP contribution is -2.05. The number of nitrogens with one attached hydrogen (secondary N) is 1. The van der Waals surface area contributed by atoms with Gasteiger partial charge in [0.1, 0.15) is 0 Å². The van der Waals surface area contributed by atoms with Gasteiger partial charge in [0.05, 0.1) is 27.9 Å². The lowest BCUT2D eigenvalue weighted by molar-refractivity contribution is -0.136. The van der Waals surface area contributed by atoms with Crippen molar-refractivity contribution >= 4 is 46.5 Å². The number of benzene rings is 1. The van der Waals surface area contributed by atoms with Crippen LogP contribution in [0.2, 0.25) is 15.1 Å². The highest BCUT2D eigenvalue weighted by Gasteiger charge is 2.06. The lowest BCUT2D eigenvalue weighted by Gasteiger charge is -2.08. The molecular formula is C12H12Cl3NO2. The second kappa shape index (κ2) is 6.88. The van der Waals surface area contributed by atoms with Crippen LogP contribution >= 0.6 is 34.8 Å². The van der Waals surface area contributed by atoms with Crippen LogP contribution in [0.4, 0.5) is 5.69 Å². The Kier molecular flexibility index (Phi) is 5.79. The van der Waals surface area contributed by atoms with Crippen LogP contribution in [0.3, 0.4) is 0 Å². The summed E-state index contributed by atoms with van der Waals surface area (Å²) in [4.78, 5) is 11.1. The summed E-state index contributed by atoms with van der Waals surface area (Å²) >= 11 is 17.7. The summed E-state index contributed by atoms with van der Waals surface area (Å²) in [6.07, 6.45) is 1.70. The number of carbonyl (C=O) groups is 1. The Labute approximate surface area is 121 Å². The summed E-state index contributed by atoms with van der Waals surface area (Å²) in [6, 6.07) is 3.19. The third kappa shape index (κ3) is 4.09. The Bertz CT molecular complexity index is 486. The van der Waals surface area contributed by atoms with Crippen molar-refractivity contribution in [1.82, 2.24) is 0 Å². The van der Waals surface area contributed by atoms with Gasteiger partial charge in [-0.1, -0.05) is 40.9 Å². The maximum atomic E-state index is 11.1. The van der Waals surface area contributed by atoms with Crippen molar-refractivity contribution < 1.29 is 9.53 Å². The third-order valence-electron chi connectivity index (χ3n) is 2.22. The van der Waals surface area contributed by atoms with E-state index in [-0.39, 0.29) is 5.97 Å². The molecule has 1 N–H and O–H groups in total. The van der Waals surface area contributed by atoms with E-state index in [9.17, 15) is 4.79 Å². The first-order valence-electron chi connectivity index (χ1n) is 5.09. The molecule has 0 aliphatic heterocycles. The van der Waals surface area contributed by atoms with Gasteiger partial charge >= 0.3 is 5.97 Å². The van der Waals surface area contributed by atoms with Crippen molar-refractivity contribution in [1.29, 1.82) is 0 Å². The minimum atomic E-state index is -0.364. The molecule has 1 aromatic carbocycles. The molecule has 0 fully saturated rings. The maximum absolute atomic E-state index is 11.1. The first-order chi connectivity index (χ1) is 8.45. The molecule has 0 bridgehead atoms. The van der Waals surface area contributed by atoms with Crippen molar-refractivity contribution in [3.63, 3.8) is 0 Å². The summed E-state index contributed by atoms with van der Waals surface area (Å²) in [5.74, 6) is -0.364. The Morgan fingerprint density at radius 1 is 1.28 bits per heavy atom. The van der Waals surface area contributed by atoms with Crippen molar-refractivity contribution in [2.45, 2.75) is 6.92 Å². The van der Waals surface area contributed by atoms with E-state index in [1.54, 1.807) is 25.1 Å². The van der Waals surface area contributed by atoms with E-state index in [2.05, 4.69) is 10.1 Å². The predicted molar refractivity (Wildman–Crippen MR) is 75.7 cm³/mol. The summed E-state index contributed by atoms with van der Waals surface area (Å²) < 4.78 is 4.57. The molecule has 18 heavy (non-hydrogen) atoms. The van der Waals surface area contributed by atoms with Crippen molar-refractivity contribution in [3.8, 4) is 0 Å². The number of ether oxygens (including phenoxy) is 1. The van der Waals surface area contributed by atoms with Gasteiger partial charge in [0, 0.05) is 12.1 Å². The zero-order chi connectivity index (χ0) is 13.7. The zero-order valence-corrected chi connectivity index (χ0v) is 12.2. The molecule has 0 unspecified atom stereocenters. The quantitative estimate of drug-likeness (QED) is 0.515. The van der Waals surface area contributed by atoms with Gasteiger partial charge in [-0.15, -0.1) is 0 Å². The third-order valence-corrected chi connectivity index (χ3v) is 3.25. The number of esters is 1. The number of rotatable bonds is 4. The fraction of sp³-hybridized carbons (Fsp3) is 0.250. The second-order valence-electron chi connectivity index (χ2n) is 3.51. The van der Waals surface area contributed by atoms with E-state index in [0.717, 1.165) is 0 Å². The fourth-order valence-electron chi connectivity index (χ4n) is 1.22. The SMILES string of the molecule is COC(=O)/C(C)=C/CNc1cc(Cl)c(Cl)cc1Cl. The standard InChI is InChI=1S/C12H12Cl3NO2/c1-7(12(17)18-2)3-4-16-11-6-9(14)8(13)5-10(11)15/h3,5-6,16H,4H2,1-2H3/b7-3+. The summed E-state index contributed by atoms with van der Waals surface area (Å²) in [5, 5.41) is 4.31. The highest BCUT2D eigenvalue weighted by Crippen LogP contribution is 2.32. The first-order valence-corrected chi connectivity index (χ1v) is 6.22. The molecule has 0 radical (unpaired) electrons. The van der Waals surface area contributed by atoms with E-state index in [1.807, 2.05) is 0 Å². The predicted octanol–water partition coefficient (Wildman–Crippen LogP) is 4.18. The lowest BCUT2D eigenvalue weighted by atomic mass is 10.2.